The molecular weight excluding hydrogens is 492 g/mol. The molecule has 0 unspecified atom stereocenters. The summed E-state index contributed by atoms with van der Waals surface area (Å²) in [5.41, 5.74) is 5.75. The van der Waals surface area contributed by atoms with Gasteiger partial charge in [0.15, 0.2) is 0 Å². The molecule has 0 spiro atoms. The molecule has 6 nitrogen and oxygen atoms in total. The van der Waals surface area contributed by atoms with Crippen LogP contribution in [0, 0.1) is 0 Å². The van der Waals surface area contributed by atoms with Gasteiger partial charge in [-0.3, -0.25) is 9.59 Å². The third-order valence-electron chi connectivity index (χ3n) is 5.09. The number of hydrogen-bond acceptors (Lipinski definition) is 4. The van der Waals surface area contributed by atoms with Crippen LogP contribution >= 0.6 is 15.9 Å². The monoisotopic (exact) mass is 518 g/mol. The van der Waals surface area contributed by atoms with Crippen molar-refractivity contribution in [1.29, 1.82) is 0 Å². The van der Waals surface area contributed by atoms with E-state index < -0.39 is 5.91 Å². The fourth-order valence-corrected chi connectivity index (χ4v) is 3.71. The van der Waals surface area contributed by atoms with Gasteiger partial charge in [-0.2, -0.15) is 5.10 Å². The van der Waals surface area contributed by atoms with Gasteiger partial charge in [-0.15, -0.1) is 0 Å². The van der Waals surface area contributed by atoms with Gasteiger partial charge < -0.3 is 10.2 Å². The zero-order chi connectivity index (χ0) is 24.3. The molecule has 0 atom stereocenters. The molecule has 0 saturated carbocycles. The summed E-state index contributed by atoms with van der Waals surface area (Å²) in [5, 5.41) is 6.76. The van der Waals surface area contributed by atoms with Crippen LogP contribution in [0.4, 0.5) is 5.69 Å². The van der Waals surface area contributed by atoms with Crippen molar-refractivity contribution in [3.8, 4) is 0 Å². The maximum absolute atomic E-state index is 12.9. The molecule has 0 fully saturated rings. The zero-order valence-corrected chi connectivity index (χ0v) is 20.7. The van der Waals surface area contributed by atoms with Gasteiger partial charge in [0.25, 0.3) is 11.8 Å². The molecule has 3 rings (SSSR count). The topological polar surface area (TPSA) is 73.8 Å². The molecule has 0 aliphatic rings. The van der Waals surface area contributed by atoms with Gasteiger partial charge in [-0.25, -0.2) is 5.43 Å². The summed E-state index contributed by atoms with van der Waals surface area (Å²) in [6.07, 6.45) is 3.18. The first-order chi connectivity index (χ1) is 16.5. The third kappa shape index (κ3) is 7.15. The average Bonchev–Trinajstić information content (AvgIpc) is 2.86. The van der Waals surface area contributed by atoms with Gasteiger partial charge >= 0.3 is 0 Å². The minimum absolute atomic E-state index is 0.0934. The summed E-state index contributed by atoms with van der Waals surface area (Å²) in [5.74, 6) is -0.902. The smallest absolute Gasteiger partial charge is 0.287 e. The van der Waals surface area contributed by atoms with Gasteiger partial charge in [0, 0.05) is 28.8 Å². The van der Waals surface area contributed by atoms with Crippen LogP contribution in [0.15, 0.2) is 94.1 Å². The van der Waals surface area contributed by atoms with Crippen LogP contribution in [0.3, 0.4) is 0 Å². The van der Waals surface area contributed by atoms with Crippen LogP contribution in [-0.2, 0) is 4.79 Å². The lowest BCUT2D eigenvalue weighted by atomic mass is 10.1. The van der Waals surface area contributed by atoms with Gasteiger partial charge in [-0.1, -0.05) is 58.4 Å². The van der Waals surface area contributed by atoms with E-state index in [2.05, 4.69) is 50.5 Å². The maximum Gasteiger partial charge on any atom is 0.287 e. The number of halogens is 1. The molecule has 0 saturated heterocycles. The largest absolute Gasteiger partial charge is 0.372 e. The third-order valence-corrected chi connectivity index (χ3v) is 5.58. The summed E-state index contributed by atoms with van der Waals surface area (Å²) in [6, 6.07) is 24.1. The summed E-state index contributed by atoms with van der Waals surface area (Å²) in [4.78, 5) is 27.9. The molecule has 0 radical (unpaired) electrons. The normalized spacial score (nSPS) is 11.3. The van der Waals surface area contributed by atoms with E-state index in [4.69, 9.17) is 0 Å². The van der Waals surface area contributed by atoms with Crippen molar-refractivity contribution in [3.63, 3.8) is 0 Å². The fraction of sp³-hybridized carbons (Fsp3) is 0.148. The van der Waals surface area contributed by atoms with Gasteiger partial charge in [-0.05, 0) is 67.4 Å². The highest BCUT2D eigenvalue weighted by Crippen LogP contribution is 2.17. The number of hydrogen-bond donors (Lipinski definition) is 2. The molecule has 2 N–H and O–H groups in total. The summed E-state index contributed by atoms with van der Waals surface area (Å²) < 4.78 is 0.909. The Morgan fingerprint density at radius 1 is 0.912 bits per heavy atom. The predicted octanol–water partition coefficient (Wildman–Crippen LogP) is 5.22. The van der Waals surface area contributed by atoms with Crippen LogP contribution in [0.2, 0.25) is 0 Å². The molecule has 0 aliphatic heterocycles. The Balaban J connectivity index is 1.82. The van der Waals surface area contributed by atoms with E-state index in [-0.39, 0.29) is 11.6 Å². The lowest BCUT2D eigenvalue weighted by Crippen LogP contribution is -2.32. The van der Waals surface area contributed by atoms with E-state index in [1.807, 2.05) is 54.6 Å². The Bertz CT molecular complexity index is 1170. The van der Waals surface area contributed by atoms with Crippen molar-refractivity contribution in [2.75, 3.05) is 18.0 Å². The Labute approximate surface area is 208 Å². The first-order valence-electron chi connectivity index (χ1n) is 11.0. The van der Waals surface area contributed by atoms with Crippen molar-refractivity contribution in [2.24, 2.45) is 5.10 Å². The van der Waals surface area contributed by atoms with Gasteiger partial charge in [0.1, 0.15) is 5.70 Å². The van der Waals surface area contributed by atoms with Crippen molar-refractivity contribution in [3.05, 3.63) is 106 Å². The second kappa shape index (κ2) is 12.5. The average molecular weight is 519 g/mol. The molecule has 7 heteroatoms. The SMILES string of the molecule is CCN(CC)c1ccc(C=C(NC(=O)c2ccccc2)C(=O)NN=Cc2cccc(Br)c2)cc1. The lowest BCUT2D eigenvalue weighted by molar-refractivity contribution is -0.117. The van der Waals surface area contributed by atoms with E-state index in [0.717, 1.165) is 34.4 Å². The minimum atomic E-state index is -0.525. The van der Waals surface area contributed by atoms with Crippen molar-refractivity contribution in [2.45, 2.75) is 13.8 Å². The molecule has 3 aromatic rings. The Hall–Kier alpha value is -3.71. The second-order valence-corrected chi connectivity index (χ2v) is 8.31. The molecule has 0 aromatic heterocycles. The summed E-state index contributed by atoms with van der Waals surface area (Å²) in [6.45, 7) is 6.02. The van der Waals surface area contributed by atoms with Crippen molar-refractivity contribution >= 4 is 45.7 Å². The number of benzene rings is 3. The van der Waals surface area contributed by atoms with E-state index in [0.29, 0.717) is 5.56 Å². The number of carbonyl (C=O) groups is 2. The first kappa shape index (κ1) is 24.9. The zero-order valence-electron chi connectivity index (χ0n) is 19.2. The predicted molar refractivity (Wildman–Crippen MR) is 142 cm³/mol. The summed E-state index contributed by atoms with van der Waals surface area (Å²) >= 11 is 3.41. The standard InChI is InChI=1S/C27H27BrN4O2/c1-3-32(4-2)24-15-13-20(14-16-24)18-25(30-26(33)22-10-6-5-7-11-22)27(34)31-29-19-21-9-8-12-23(28)17-21/h5-19H,3-4H2,1-2H3,(H,30,33)(H,31,34). The van der Waals surface area contributed by atoms with Crippen molar-refractivity contribution < 1.29 is 9.59 Å². The molecule has 174 valence electrons. The maximum atomic E-state index is 12.9. The molecule has 0 heterocycles. The number of anilines is 1. The molecular formula is C27H27BrN4O2. The first-order valence-corrected chi connectivity index (χ1v) is 11.8. The number of hydrazone groups is 1. The van der Waals surface area contributed by atoms with Crippen LogP contribution in [0.1, 0.15) is 35.3 Å². The number of nitrogens with zero attached hydrogens (tertiary/aromatic N) is 2. The second-order valence-electron chi connectivity index (χ2n) is 7.40. The van der Waals surface area contributed by atoms with E-state index in [1.54, 1.807) is 30.3 Å². The molecule has 0 bridgehead atoms. The molecule has 0 aliphatic carbocycles. The van der Waals surface area contributed by atoms with E-state index >= 15 is 0 Å². The van der Waals surface area contributed by atoms with Gasteiger partial charge in [0.05, 0.1) is 6.21 Å². The quantitative estimate of drug-likeness (QED) is 0.232. The number of nitrogens with one attached hydrogen (secondary N) is 2. The summed E-state index contributed by atoms with van der Waals surface area (Å²) in [7, 11) is 0. The fourth-order valence-electron chi connectivity index (χ4n) is 3.29. The highest BCUT2D eigenvalue weighted by Gasteiger charge is 2.14. The number of rotatable bonds is 9. The van der Waals surface area contributed by atoms with Crippen LogP contribution < -0.4 is 15.6 Å². The van der Waals surface area contributed by atoms with Crippen molar-refractivity contribution in [1.82, 2.24) is 10.7 Å². The lowest BCUT2D eigenvalue weighted by Gasteiger charge is -2.20. The highest BCUT2D eigenvalue weighted by molar-refractivity contribution is 9.10. The molecule has 2 amide bonds. The highest BCUT2D eigenvalue weighted by atomic mass is 79.9. The molecule has 34 heavy (non-hydrogen) atoms. The Kier molecular flexibility index (Phi) is 9.17. The minimum Gasteiger partial charge on any atom is -0.372 e. The van der Waals surface area contributed by atoms with Crippen LogP contribution in [-0.4, -0.2) is 31.1 Å². The van der Waals surface area contributed by atoms with E-state index in [9.17, 15) is 9.59 Å². The van der Waals surface area contributed by atoms with Crippen LogP contribution in [0.5, 0.6) is 0 Å². The Morgan fingerprint density at radius 2 is 1.62 bits per heavy atom. The van der Waals surface area contributed by atoms with Gasteiger partial charge in [0.2, 0.25) is 0 Å². The van der Waals surface area contributed by atoms with Crippen LogP contribution in [0.25, 0.3) is 6.08 Å². The number of amides is 2. The number of carbonyl (C=O) groups excluding carboxylic acids is 2. The van der Waals surface area contributed by atoms with E-state index in [1.165, 1.54) is 6.21 Å². The molecule has 3 aromatic carbocycles. The Morgan fingerprint density at radius 3 is 2.26 bits per heavy atom.